The van der Waals surface area contributed by atoms with E-state index in [2.05, 4.69) is 32.6 Å². The summed E-state index contributed by atoms with van der Waals surface area (Å²) in [4.78, 5) is 11.4. The van der Waals surface area contributed by atoms with Crippen molar-refractivity contribution in [1.29, 1.82) is 0 Å². The molecule has 0 aromatic heterocycles. The summed E-state index contributed by atoms with van der Waals surface area (Å²) in [7, 11) is 1.33. The number of benzene rings is 2. The molecule has 0 bridgehead atoms. The summed E-state index contributed by atoms with van der Waals surface area (Å²) in [5.41, 5.74) is 8.22. The molecule has 2 rings (SSSR count). The van der Waals surface area contributed by atoms with Gasteiger partial charge in [0.05, 0.1) is 34.8 Å². The molecule has 4 nitrogen and oxygen atoms in total. The maximum Gasteiger partial charge on any atom is 0.337 e. The number of nitrogen functional groups attached to an aromatic ring is 1. The van der Waals surface area contributed by atoms with Crippen LogP contribution in [0, 0.1) is 3.57 Å². The Bertz CT molecular complexity index is 662. The first-order chi connectivity index (χ1) is 9.51. The molecule has 0 heterocycles. The van der Waals surface area contributed by atoms with Crippen molar-refractivity contribution in [2.24, 2.45) is 0 Å². The number of nitrogens with two attached hydrogens (primary N) is 1. The predicted molar refractivity (Wildman–Crippen MR) is 89.6 cm³/mol. The molecule has 6 heteroatoms. The third-order valence-corrected chi connectivity index (χ3v) is 3.66. The Balaban J connectivity index is 2.28. The van der Waals surface area contributed by atoms with Crippen LogP contribution in [-0.4, -0.2) is 13.1 Å². The Hall–Kier alpha value is -1.47. The van der Waals surface area contributed by atoms with Gasteiger partial charge in [-0.1, -0.05) is 11.6 Å². The zero-order valence-corrected chi connectivity index (χ0v) is 13.5. The van der Waals surface area contributed by atoms with Crippen molar-refractivity contribution in [3.8, 4) is 0 Å². The Morgan fingerprint density at radius 3 is 2.55 bits per heavy atom. The van der Waals surface area contributed by atoms with Crippen molar-refractivity contribution in [3.63, 3.8) is 0 Å². The van der Waals surface area contributed by atoms with Gasteiger partial charge in [-0.3, -0.25) is 0 Å². The number of carbonyl (C=O) groups excluding carboxylic acids is 1. The van der Waals surface area contributed by atoms with Gasteiger partial charge < -0.3 is 15.8 Å². The van der Waals surface area contributed by atoms with E-state index in [1.165, 1.54) is 7.11 Å². The van der Waals surface area contributed by atoms with Gasteiger partial charge in [0.25, 0.3) is 0 Å². The second-order valence-corrected chi connectivity index (χ2v) is 5.70. The zero-order valence-electron chi connectivity index (χ0n) is 10.6. The second kappa shape index (κ2) is 6.32. The molecule has 0 unspecified atom stereocenters. The maximum atomic E-state index is 11.4. The fraction of sp³-hybridized carbons (Fsp3) is 0.0714. The predicted octanol–water partition coefficient (Wildman–Crippen LogP) is 4.06. The molecule has 20 heavy (non-hydrogen) atoms. The lowest BCUT2D eigenvalue weighted by Crippen LogP contribution is -2.04. The molecule has 2 aromatic carbocycles. The fourth-order valence-electron chi connectivity index (χ4n) is 1.66. The maximum absolute atomic E-state index is 11.4. The molecule has 0 aliphatic rings. The standard InChI is InChI=1S/C14H12ClIN2O2/c1-20-14(19)8-2-4-13(11(17)6-8)18-12-5-3-9(16)7-10(12)15/h2-7,18H,17H2,1H3. The Kier molecular flexibility index (Phi) is 4.72. The third kappa shape index (κ3) is 3.34. The quantitative estimate of drug-likeness (QED) is 0.462. The van der Waals surface area contributed by atoms with Gasteiger partial charge in [0.1, 0.15) is 0 Å². The van der Waals surface area contributed by atoms with E-state index < -0.39 is 5.97 Å². The molecule has 3 N–H and O–H groups in total. The summed E-state index contributed by atoms with van der Waals surface area (Å²) >= 11 is 8.34. The molecule has 0 radical (unpaired) electrons. The number of halogens is 2. The smallest absolute Gasteiger partial charge is 0.337 e. The highest BCUT2D eigenvalue weighted by Crippen LogP contribution is 2.30. The van der Waals surface area contributed by atoms with Gasteiger partial charge in [0.15, 0.2) is 0 Å². The second-order valence-electron chi connectivity index (χ2n) is 4.04. The van der Waals surface area contributed by atoms with E-state index in [1.807, 2.05) is 18.2 Å². The molecule has 104 valence electrons. The van der Waals surface area contributed by atoms with Gasteiger partial charge in [-0.2, -0.15) is 0 Å². The Morgan fingerprint density at radius 1 is 1.25 bits per heavy atom. The minimum absolute atomic E-state index is 0.407. The minimum Gasteiger partial charge on any atom is -0.465 e. The molecule has 0 saturated carbocycles. The summed E-state index contributed by atoms with van der Waals surface area (Å²) in [6.45, 7) is 0. The number of esters is 1. The van der Waals surface area contributed by atoms with E-state index in [4.69, 9.17) is 17.3 Å². The molecule has 0 aliphatic heterocycles. The van der Waals surface area contributed by atoms with Crippen LogP contribution in [-0.2, 0) is 4.74 Å². The SMILES string of the molecule is COC(=O)c1ccc(Nc2ccc(I)cc2Cl)c(N)c1. The Morgan fingerprint density at radius 2 is 1.95 bits per heavy atom. The van der Waals surface area contributed by atoms with Crippen LogP contribution < -0.4 is 11.1 Å². The number of ether oxygens (including phenoxy) is 1. The average molecular weight is 403 g/mol. The van der Waals surface area contributed by atoms with Crippen LogP contribution in [0.3, 0.4) is 0 Å². The number of hydrogen-bond donors (Lipinski definition) is 2. The largest absolute Gasteiger partial charge is 0.465 e. The topological polar surface area (TPSA) is 64.3 Å². The van der Waals surface area contributed by atoms with Gasteiger partial charge in [-0.05, 0) is 59.0 Å². The summed E-state index contributed by atoms with van der Waals surface area (Å²) < 4.78 is 5.69. The van der Waals surface area contributed by atoms with Gasteiger partial charge in [0.2, 0.25) is 0 Å². The number of carbonyl (C=O) groups is 1. The molecule has 0 atom stereocenters. The number of hydrogen-bond acceptors (Lipinski definition) is 4. The van der Waals surface area contributed by atoms with Crippen LogP contribution in [0.5, 0.6) is 0 Å². The molecule has 0 spiro atoms. The lowest BCUT2D eigenvalue weighted by Gasteiger charge is -2.12. The van der Waals surface area contributed by atoms with Gasteiger partial charge in [-0.25, -0.2) is 4.79 Å². The van der Waals surface area contributed by atoms with E-state index in [1.54, 1.807) is 18.2 Å². The lowest BCUT2D eigenvalue weighted by molar-refractivity contribution is 0.0601. The number of anilines is 3. The summed E-state index contributed by atoms with van der Waals surface area (Å²) in [6, 6.07) is 10.6. The van der Waals surface area contributed by atoms with E-state index in [0.29, 0.717) is 22.0 Å². The van der Waals surface area contributed by atoms with Crippen LogP contribution in [0.25, 0.3) is 0 Å². The van der Waals surface area contributed by atoms with Crippen LogP contribution in [0.2, 0.25) is 5.02 Å². The summed E-state index contributed by atoms with van der Waals surface area (Å²) in [6.07, 6.45) is 0. The molecular formula is C14H12ClIN2O2. The van der Waals surface area contributed by atoms with Crippen molar-refractivity contribution in [1.82, 2.24) is 0 Å². The highest BCUT2D eigenvalue weighted by molar-refractivity contribution is 14.1. The normalized spacial score (nSPS) is 10.2. The molecular weight excluding hydrogens is 391 g/mol. The molecule has 0 aliphatic carbocycles. The van der Waals surface area contributed by atoms with Crippen molar-refractivity contribution in [2.75, 3.05) is 18.2 Å². The van der Waals surface area contributed by atoms with Crippen LogP contribution >= 0.6 is 34.2 Å². The van der Waals surface area contributed by atoms with Crippen molar-refractivity contribution in [2.45, 2.75) is 0 Å². The molecule has 2 aromatic rings. The molecule has 0 fully saturated rings. The number of rotatable bonds is 3. The first-order valence-corrected chi connectivity index (χ1v) is 7.17. The summed E-state index contributed by atoms with van der Waals surface area (Å²) in [5.74, 6) is -0.421. The summed E-state index contributed by atoms with van der Waals surface area (Å²) in [5, 5.41) is 3.74. The van der Waals surface area contributed by atoms with Crippen molar-refractivity contribution in [3.05, 3.63) is 50.6 Å². The van der Waals surface area contributed by atoms with E-state index in [9.17, 15) is 4.79 Å². The van der Waals surface area contributed by atoms with Gasteiger partial charge >= 0.3 is 5.97 Å². The lowest BCUT2D eigenvalue weighted by atomic mass is 10.1. The first-order valence-electron chi connectivity index (χ1n) is 5.71. The Labute approximate surface area is 135 Å². The highest BCUT2D eigenvalue weighted by atomic mass is 127. The number of nitrogens with one attached hydrogen (secondary N) is 1. The van der Waals surface area contributed by atoms with Crippen molar-refractivity contribution >= 4 is 57.2 Å². The monoisotopic (exact) mass is 402 g/mol. The molecule has 0 saturated heterocycles. The zero-order chi connectivity index (χ0) is 14.7. The molecule has 0 amide bonds. The first kappa shape index (κ1) is 14.9. The van der Waals surface area contributed by atoms with Crippen molar-refractivity contribution < 1.29 is 9.53 Å². The van der Waals surface area contributed by atoms with E-state index in [-0.39, 0.29) is 0 Å². The van der Waals surface area contributed by atoms with Gasteiger partial charge in [0, 0.05) is 3.57 Å². The van der Waals surface area contributed by atoms with Crippen LogP contribution in [0.15, 0.2) is 36.4 Å². The minimum atomic E-state index is -0.421. The number of methoxy groups -OCH3 is 1. The van der Waals surface area contributed by atoms with Crippen LogP contribution in [0.1, 0.15) is 10.4 Å². The fourth-order valence-corrected chi connectivity index (χ4v) is 2.56. The van der Waals surface area contributed by atoms with E-state index in [0.717, 1.165) is 9.26 Å². The average Bonchev–Trinajstić information content (AvgIpc) is 2.42. The van der Waals surface area contributed by atoms with Crippen LogP contribution in [0.4, 0.5) is 17.1 Å². The highest BCUT2D eigenvalue weighted by Gasteiger charge is 2.09. The third-order valence-electron chi connectivity index (χ3n) is 2.67. The van der Waals surface area contributed by atoms with E-state index >= 15 is 0 Å². The van der Waals surface area contributed by atoms with Gasteiger partial charge in [-0.15, -0.1) is 0 Å².